The summed E-state index contributed by atoms with van der Waals surface area (Å²) in [6.45, 7) is 4.53. The zero-order chi connectivity index (χ0) is 12.1. The van der Waals surface area contributed by atoms with E-state index in [2.05, 4.69) is 5.32 Å². The van der Waals surface area contributed by atoms with Gasteiger partial charge in [0.15, 0.2) is 0 Å². The molecule has 0 aromatic carbocycles. The summed E-state index contributed by atoms with van der Waals surface area (Å²) >= 11 is 4.92. The highest BCUT2D eigenvalue weighted by atomic mass is 32.1. The van der Waals surface area contributed by atoms with Gasteiger partial charge in [0.2, 0.25) is 5.91 Å². The Morgan fingerprint density at radius 2 is 2.38 bits per heavy atom. The van der Waals surface area contributed by atoms with Crippen LogP contribution in [0.15, 0.2) is 18.3 Å². The third kappa shape index (κ3) is 2.82. The molecule has 88 valence electrons. The average Bonchev–Trinajstić information content (AvgIpc) is 2.73. The lowest BCUT2D eigenvalue weighted by molar-refractivity contribution is -0.123. The van der Waals surface area contributed by atoms with Gasteiger partial charge in [-0.25, -0.2) is 0 Å². The van der Waals surface area contributed by atoms with Crippen molar-refractivity contribution in [3.63, 3.8) is 0 Å². The second-order valence-corrected chi connectivity index (χ2v) is 4.07. The number of thiocarbonyl (C=S) groups is 1. The van der Waals surface area contributed by atoms with Gasteiger partial charge < -0.3 is 15.6 Å². The Morgan fingerprint density at radius 1 is 1.69 bits per heavy atom. The Bertz CT molecular complexity index is 386. The molecule has 0 radical (unpaired) electrons. The SMILES string of the molecule is CCCNC(=O)C(C)n1cccc1C(N)=S. The molecule has 0 aliphatic heterocycles. The van der Waals surface area contributed by atoms with Crippen molar-refractivity contribution >= 4 is 23.1 Å². The first-order valence-corrected chi connectivity index (χ1v) is 5.73. The zero-order valence-corrected chi connectivity index (χ0v) is 10.4. The third-order valence-corrected chi connectivity index (χ3v) is 2.59. The van der Waals surface area contributed by atoms with Crippen molar-refractivity contribution < 1.29 is 4.79 Å². The first kappa shape index (κ1) is 12.7. The van der Waals surface area contributed by atoms with Crippen molar-refractivity contribution in [2.24, 2.45) is 5.73 Å². The molecule has 1 aromatic rings. The van der Waals surface area contributed by atoms with Gasteiger partial charge in [0.05, 0.1) is 5.69 Å². The summed E-state index contributed by atoms with van der Waals surface area (Å²) < 4.78 is 1.79. The van der Waals surface area contributed by atoms with Crippen molar-refractivity contribution in [3.8, 4) is 0 Å². The van der Waals surface area contributed by atoms with Crippen molar-refractivity contribution in [2.45, 2.75) is 26.3 Å². The van der Waals surface area contributed by atoms with Crippen LogP contribution in [0.3, 0.4) is 0 Å². The van der Waals surface area contributed by atoms with Crippen LogP contribution in [0.5, 0.6) is 0 Å². The number of carbonyl (C=O) groups is 1. The third-order valence-electron chi connectivity index (χ3n) is 2.38. The largest absolute Gasteiger partial charge is 0.388 e. The number of rotatable bonds is 5. The first-order valence-electron chi connectivity index (χ1n) is 5.32. The predicted octanol–water partition coefficient (Wildman–Crippen LogP) is 1.21. The lowest BCUT2D eigenvalue weighted by Crippen LogP contribution is -2.32. The molecule has 1 amide bonds. The summed E-state index contributed by atoms with van der Waals surface area (Å²) in [7, 11) is 0. The minimum Gasteiger partial charge on any atom is -0.388 e. The van der Waals surface area contributed by atoms with E-state index >= 15 is 0 Å². The Hall–Kier alpha value is -1.36. The van der Waals surface area contributed by atoms with Crippen LogP contribution in [0.1, 0.15) is 32.0 Å². The molecule has 0 aliphatic carbocycles. The molecule has 5 heteroatoms. The van der Waals surface area contributed by atoms with E-state index in [0.29, 0.717) is 17.2 Å². The summed E-state index contributed by atoms with van der Waals surface area (Å²) in [6.07, 6.45) is 2.73. The highest BCUT2D eigenvalue weighted by Crippen LogP contribution is 2.11. The number of nitrogens with two attached hydrogens (primary N) is 1. The molecular weight excluding hydrogens is 222 g/mol. The van der Waals surface area contributed by atoms with Gasteiger partial charge in [0.25, 0.3) is 0 Å². The van der Waals surface area contributed by atoms with Gasteiger partial charge in [-0.15, -0.1) is 0 Å². The topological polar surface area (TPSA) is 60.0 Å². The standard InChI is InChI=1S/C11H17N3OS/c1-3-6-13-11(15)8(2)14-7-4-5-9(14)10(12)16/h4-5,7-8H,3,6H2,1-2H3,(H2,12,16)(H,13,15). The number of amides is 1. The molecule has 0 saturated heterocycles. The number of hydrogen-bond acceptors (Lipinski definition) is 2. The first-order chi connectivity index (χ1) is 7.57. The number of nitrogens with zero attached hydrogens (tertiary/aromatic N) is 1. The minimum absolute atomic E-state index is 0.0180. The van der Waals surface area contributed by atoms with Gasteiger partial charge in [-0.05, 0) is 25.5 Å². The van der Waals surface area contributed by atoms with E-state index in [4.69, 9.17) is 18.0 Å². The maximum Gasteiger partial charge on any atom is 0.242 e. The van der Waals surface area contributed by atoms with Gasteiger partial charge in [-0.3, -0.25) is 4.79 Å². The van der Waals surface area contributed by atoms with Crippen LogP contribution in [0.25, 0.3) is 0 Å². The van der Waals surface area contributed by atoms with Gasteiger partial charge in [0, 0.05) is 12.7 Å². The molecule has 16 heavy (non-hydrogen) atoms. The minimum atomic E-state index is -0.293. The maximum absolute atomic E-state index is 11.8. The molecule has 0 bridgehead atoms. The van der Waals surface area contributed by atoms with Gasteiger partial charge in [-0.1, -0.05) is 19.1 Å². The maximum atomic E-state index is 11.8. The van der Waals surface area contributed by atoms with E-state index in [-0.39, 0.29) is 11.9 Å². The fourth-order valence-electron chi connectivity index (χ4n) is 1.46. The number of nitrogens with one attached hydrogen (secondary N) is 1. The fourth-order valence-corrected chi connectivity index (χ4v) is 1.64. The Morgan fingerprint density at radius 3 is 2.94 bits per heavy atom. The molecule has 1 rings (SSSR count). The average molecular weight is 239 g/mol. The summed E-state index contributed by atoms with van der Waals surface area (Å²) in [4.78, 5) is 12.1. The number of hydrogen-bond donors (Lipinski definition) is 2. The van der Waals surface area contributed by atoms with Crippen molar-refractivity contribution in [1.82, 2.24) is 9.88 Å². The normalized spacial score (nSPS) is 12.1. The van der Waals surface area contributed by atoms with E-state index in [1.165, 1.54) is 0 Å². The van der Waals surface area contributed by atoms with Gasteiger partial charge in [-0.2, -0.15) is 0 Å². The van der Waals surface area contributed by atoms with Crippen LogP contribution < -0.4 is 11.1 Å². The molecule has 0 spiro atoms. The van der Waals surface area contributed by atoms with Crippen molar-refractivity contribution in [2.75, 3.05) is 6.54 Å². The molecule has 0 aliphatic rings. The van der Waals surface area contributed by atoms with Crippen molar-refractivity contribution in [1.29, 1.82) is 0 Å². The highest BCUT2D eigenvalue weighted by molar-refractivity contribution is 7.80. The Kier molecular flexibility index (Phi) is 4.49. The fraction of sp³-hybridized carbons (Fsp3) is 0.455. The smallest absolute Gasteiger partial charge is 0.242 e. The summed E-state index contributed by atoms with van der Waals surface area (Å²) in [6, 6.07) is 3.35. The molecule has 1 aromatic heterocycles. The lowest BCUT2D eigenvalue weighted by atomic mass is 10.3. The summed E-state index contributed by atoms with van der Waals surface area (Å²) in [5, 5.41) is 2.84. The number of carbonyl (C=O) groups excluding carboxylic acids is 1. The quantitative estimate of drug-likeness (QED) is 0.759. The van der Waals surface area contributed by atoms with Crippen LogP contribution >= 0.6 is 12.2 Å². The van der Waals surface area contributed by atoms with E-state index in [1.807, 2.05) is 32.2 Å². The van der Waals surface area contributed by atoms with Crippen LogP contribution in [-0.4, -0.2) is 22.0 Å². The van der Waals surface area contributed by atoms with Crippen molar-refractivity contribution in [3.05, 3.63) is 24.0 Å². The lowest BCUT2D eigenvalue weighted by Gasteiger charge is -2.16. The van der Waals surface area contributed by atoms with E-state index in [0.717, 1.165) is 6.42 Å². The Balaban J connectivity index is 2.79. The molecule has 4 nitrogen and oxygen atoms in total. The van der Waals surface area contributed by atoms with E-state index < -0.39 is 0 Å². The molecular formula is C11H17N3OS. The molecule has 0 fully saturated rings. The predicted molar refractivity (Wildman–Crippen MR) is 68.3 cm³/mol. The highest BCUT2D eigenvalue weighted by Gasteiger charge is 2.16. The molecule has 3 N–H and O–H groups in total. The summed E-state index contributed by atoms with van der Waals surface area (Å²) in [5.41, 5.74) is 6.29. The molecule has 1 unspecified atom stereocenters. The van der Waals surface area contributed by atoms with Crippen LogP contribution in [0, 0.1) is 0 Å². The van der Waals surface area contributed by atoms with E-state index in [1.54, 1.807) is 4.57 Å². The zero-order valence-electron chi connectivity index (χ0n) is 9.56. The van der Waals surface area contributed by atoms with E-state index in [9.17, 15) is 4.79 Å². The molecule has 0 saturated carbocycles. The van der Waals surface area contributed by atoms with Gasteiger partial charge >= 0.3 is 0 Å². The van der Waals surface area contributed by atoms with Gasteiger partial charge in [0.1, 0.15) is 11.0 Å². The molecule has 1 heterocycles. The van der Waals surface area contributed by atoms with Crippen LogP contribution in [0.4, 0.5) is 0 Å². The second-order valence-electron chi connectivity index (χ2n) is 3.63. The summed E-state index contributed by atoms with van der Waals surface area (Å²) in [5.74, 6) is -0.0180. The van der Waals surface area contributed by atoms with Crippen LogP contribution in [0.2, 0.25) is 0 Å². The number of aromatic nitrogens is 1. The second kappa shape index (κ2) is 5.65. The van der Waals surface area contributed by atoms with Crippen LogP contribution in [-0.2, 0) is 4.79 Å². The molecule has 1 atom stereocenters. The monoisotopic (exact) mass is 239 g/mol. The Labute approximate surface area is 101 Å².